The highest BCUT2D eigenvalue weighted by Crippen LogP contribution is 2.63. The van der Waals surface area contributed by atoms with E-state index < -0.39 is 25.6 Å². The molecule has 0 radical (unpaired) electrons. The molecule has 9 heteroatoms. The molecule has 1 saturated heterocycles. The van der Waals surface area contributed by atoms with Crippen molar-refractivity contribution in [1.29, 1.82) is 0 Å². The average molecular weight is 591 g/mol. The molecule has 0 bridgehead atoms. The molecule has 6 rings (SSSR count). The van der Waals surface area contributed by atoms with Crippen LogP contribution in [0.15, 0.2) is 42.5 Å². The maximum absolute atomic E-state index is 14.7. The first-order chi connectivity index (χ1) is 19.7. The molecule has 4 aliphatic rings. The Balaban J connectivity index is 1.42. The Morgan fingerprint density at radius 2 is 1.88 bits per heavy atom. The highest BCUT2D eigenvalue weighted by Gasteiger charge is 2.68. The molecule has 2 N–H and O–H groups in total. The van der Waals surface area contributed by atoms with Crippen LogP contribution in [-0.4, -0.2) is 66.3 Å². The van der Waals surface area contributed by atoms with Crippen LogP contribution in [0.2, 0.25) is 18.6 Å². The Morgan fingerprint density at radius 3 is 2.52 bits per heavy atom. The van der Waals surface area contributed by atoms with Crippen LogP contribution in [0.4, 0.5) is 5.69 Å². The summed E-state index contributed by atoms with van der Waals surface area (Å²) in [6.07, 6.45) is 2.03. The number of amides is 2. The van der Waals surface area contributed by atoms with Crippen molar-refractivity contribution < 1.29 is 29.0 Å². The van der Waals surface area contributed by atoms with Gasteiger partial charge in [-0.3, -0.25) is 14.5 Å². The van der Waals surface area contributed by atoms with Gasteiger partial charge in [-0.25, -0.2) is 0 Å². The number of methoxy groups -OCH3 is 1. The topological polar surface area (TPSA) is 99.5 Å². The first-order valence-electron chi connectivity index (χ1n) is 14.9. The number of hydrogen-bond donors (Lipinski definition) is 2. The molecule has 2 aromatic rings. The second-order valence-electron chi connectivity index (χ2n) is 13.6. The van der Waals surface area contributed by atoms with Crippen molar-refractivity contribution in [2.24, 2.45) is 5.92 Å². The number of nitrogens with zero attached hydrogens (tertiary/aromatic N) is 2. The molecule has 5 atom stereocenters. The van der Waals surface area contributed by atoms with E-state index >= 15 is 0 Å². The van der Waals surface area contributed by atoms with Crippen molar-refractivity contribution in [2.75, 3.05) is 18.6 Å². The molecule has 1 spiro atoms. The lowest BCUT2D eigenvalue weighted by atomic mass is 9.81. The number of rotatable bonds is 5. The van der Waals surface area contributed by atoms with Gasteiger partial charge in [0.05, 0.1) is 43.5 Å². The van der Waals surface area contributed by atoms with Gasteiger partial charge in [0.1, 0.15) is 5.75 Å². The van der Waals surface area contributed by atoms with E-state index in [9.17, 15) is 19.5 Å². The summed E-state index contributed by atoms with van der Waals surface area (Å²) in [4.78, 5) is 44.0. The molecule has 0 saturated carbocycles. The van der Waals surface area contributed by atoms with Gasteiger partial charge in [-0.2, -0.15) is 0 Å². The minimum atomic E-state index is -2.96. The minimum absolute atomic E-state index is 0.0204. The predicted molar refractivity (Wildman–Crippen MR) is 164 cm³/mol. The summed E-state index contributed by atoms with van der Waals surface area (Å²) < 4.78 is 12.6. The van der Waals surface area contributed by atoms with Gasteiger partial charge in [0.15, 0.2) is 13.9 Å². The van der Waals surface area contributed by atoms with E-state index in [0.29, 0.717) is 18.7 Å². The van der Waals surface area contributed by atoms with E-state index in [1.807, 2.05) is 82.1 Å². The van der Waals surface area contributed by atoms with Gasteiger partial charge in [0.2, 0.25) is 5.91 Å². The fraction of sp³-hybridized carbons (Fsp3) is 0.515. The van der Waals surface area contributed by atoms with Gasteiger partial charge in [-0.1, -0.05) is 37.3 Å². The number of allylic oxidation sites excluding steroid dienone is 1. The van der Waals surface area contributed by atoms with Gasteiger partial charge < -0.3 is 24.3 Å². The van der Waals surface area contributed by atoms with E-state index in [1.54, 1.807) is 12.0 Å². The molecule has 0 aromatic heterocycles. The number of ether oxygens (including phenoxy) is 2. The lowest BCUT2D eigenvalue weighted by Crippen LogP contribution is -2.53. The summed E-state index contributed by atoms with van der Waals surface area (Å²) in [5.74, 6) is -0.0536. The van der Waals surface area contributed by atoms with E-state index in [-0.39, 0.29) is 42.3 Å². The summed E-state index contributed by atoms with van der Waals surface area (Å²) >= 11 is 0. The monoisotopic (exact) mass is 590 g/mol. The molecule has 8 nitrogen and oxygen atoms in total. The third kappa shape index (κ3) is 4.12. The van der Waals surface area contributed by atoms with Crippen LogP contribution in [-0.2, 0) is 32.9 Å². The number of aliphatic hydroxyl groups is 1. The van der Waals surface area contributed by atoms with E-state index in [1.165, 1.54) is 0 Å². The number of benzene rings is 2. The molecule has 0 aliphatic carbocycles. The third-order valence-corrected chi connectivity index (χ3v) is 12.5. The second kappa shape index (κ2) is 9.77. The van der Waals surface area contributed by atoms with Crippen LogP contribution in [0.3, 0.4) is 0 Å². The van der Waals surface area contributed by atoms with Crippen molar-refractivity contribution in [2.45, 2.75) is 89.0 Å². The molecule has 1 fully saturated rings. The molecule has 42 heavy (non-hydrogen) atoms. The standard InChI is InChI=1S/C33H42N2O6Si/c1-19-16-32(3,4)35-29-25(19)13-24(40-5)14-26(29)33(31(35)38)20(2)30(42(6,7)39)27(41-33)15-28(37)34-17-22-11-9-8-10-21(22)12-23(34)18-36/h8-11,13-14,16,20,23,27,30,36,39H,12,15,17-18H2,1-7H3/t20-,23-,27+,30-,33+/m0/s1. The van der Waals surface area contributed by atoms with Crippen molar-refractivity contribution >= 4 is 31.4 Å². The summed E-state index contributed by atoms with van der Waals surface area (Å²) in [5, 5.41) is 10.2. The highest BCUT2D eigenvalue weighted by molar-refractivity contribution is 6.71. The van der Waals surface area contributed by atoms with Crippen LogP contribution < -0.4 is 9.64 Å². The molecular formula is C33H42N2O6Si. The molecule has 4 heterocycles. The predicted octanol–water partition coefficient (Wildman–Crippen LogP) is 4.37. The van der Waals surface area contributed by atoms with E-state index in [0.717, 1.165) is 33.5 Å². The SMILES string of the molecule is COc1cc2c3c(c1)[C@@]1(O[C@H](CC(=O)N4Cc5ccccc5C[C@H]4CO)[C@@H]([Si](C)(C)O)[C@@H]1C)C(=O)N3C(C)(C)C=C2C. The molecule has 2 aromatic carbocycles. The largest absolute Gasteiger partial charge is 0.497 e. The molecular weight excluding hydrogens is 548 g/mol. The zero-order valence-electron chi connectivity index (χ0n) is 25.6. The highest BCUT2D eigenvalue weighted by atomic mass is 28.4. The lowest BCUT2D eigenvalue weighted by Gasteiger charge is -2.39. The first kappa shape index (κ1) is 29.1. The van der Waals surface area contributed by atoms with Crippen molar-refractivity contribution in [3.63, 3.8) is 0 Å². The fourth-order valence-corrected chi connectivity index (χ4v) is 10.8. The molecule has 0 unspecified atom stereocenters. The average Bonchev–Trinajstić information content (AvgIpc) is 3.37. The van der Waals surface area contributed by atoms with Gasteiger partial charge >= 0.3 is 0 Å². The van der Waals surface area contributed by atoms with Gasteiger partial charge in [0, 0.05) is 29.1 Å². The zero-order valence-corrected chi connectivity index (χ0v) is 26.6. The van der Waals surface area contributed by atoms with Gasteiger partial charge in [0.25, 0.3) is 5.91 Å². The number of carbonyl (C=O) groups excluding carboxylic acids is 2. The third-order valence-electron chi connectivity index (χ3n) is 10.0. The number of hydrogen-bond acceptors (Lipinski definition) is 6. The molecule has 4 aliphatic heterocycles. The quantitative estimate of drug-likeness (QED) is 0.502. The van der Waals surface area contributed by atoms with Crippen molar-refractivity contribution in [3.05, 3.63) is 64.7 Å². The first-order valence-corrected chi connectivity index (χ1v) is 17.9. The lowest BCUT2D eigenvalue weighted by molar-refractivity contribution is -0.151. The number of carbonyl (C=O) groups is 2. The van der Waals surface area contributed by atoms with Crippen LogP contribution in [0.1, 0.15) is 56.4 Å². The normalized spacial score (nSPS) is 29.5. The second-order valence-corrected chi connectivity index (χ2v) is 17.6. The minimum Gasteiger partial charge on any atom is -0.497 e. The molecule has 2 amide bonds. The van der Waals surface area contributed by atoms with Crippen molar-refractivity contribution in [1.82, 2.24) is 4.90 Å². The summed E-state index contributed by atoms with van der Waals surface area (Å²) in [5.41, 5.74) is 3.44. The maximum atomic E-state index is 14.7. The van der Waals surface area contributed by atoms with Gasteiger partial charge in [-0.05, 0) is 69.1 Å². The summed E-state index contributed by atoms with van der Waals surface area (Å²) in [7, 11) is -1.34. The van der Waals surface area contributed by atoms with Crippen molar-refractivity contribution in [3.8, 4) is 5.75 Å². The van der Waals surface area contributed by atoms with Crippen LogP contribution in [0, 0.1) is 5.92 Å². The van der Waals surface area contributed by atoms with Crippen LogP contribution in [0.5, 0.6) is 5.75 Å². The Hall–Kier alpha value is -2.98. The molecule has 224 valence electrons. The smallest absolute Gasteiger partial charge is 0.265 e. The Morgan fingerprint density at radius 1 is 1.19 bits per heavy atom. The Labute approximate surface area is 249 Å². The number of fused-ring (bicyclic) bond motifs is 2. The van der Waals surface area contributed by atoms with Crippen LogP contribution >= 0.6 is 0 Å². The number of anilines is 1. The Kier molecular flexibility index (Phi) is 6.77. The zero-order chi connectivity index (χ0) is 30.4. The van der Waals surface area contributed by atoms with Crippen LogP contribution in [0.25, 0.3) is 5.57 Å². The van der Waals surface area contributed by atoms with E-state index in [2.05, 4.69) is 6.08 Å². The Bertz CT molecular complexity index is 1500. The maximum Gasteiger partial charge on any atom is 0.265 e. The summed E-state index contributed by atoms with van der Waals surface area (Å²) in [6, 6.07) is 11.5. The summed E-state index contributed by atoms with van der Waals surface area (Å²) in [6.45, 7) is 12.1. The fourth-order valence-electron chi connectivity index (χ4n) is 8.27. The van der Waals surface area contributed by atoms with E-state index in [4.69, 9.17) is 9.47 Å². The number of aliphatic hydroxyl groups excluding tert-OH is 1. The van der Waals surface area contributed by atoms with Gasteiger partial charge in [-0.15, -0.1) is 0 Å².